The van der Waals surface area contributed by atoms with E-state index in [0.717, 1.165) is 36.4 Å². The number of unbranched alkanes of at least 4 members (excludes halogenated alkanes) is 4. The molecule has 0 bridgehead atoms. The highest BCUT2D eigenvalue weighted by atomic mass is 16.7. The molecule has 32 heavy (non-hydrogen) atoms. The molecule has 3 nitrogen and oxygen atoms in total. The van der Waals surface area contributed by atoms with E-state index in [1.54, 1.807) is 0 Å². The molecule has 1 aliphatic carbocycles. The molecule has 1 saturated carbocycles. The predicted octanol–water partition coefficient (Wildman–Crippen LogP) is 8.25. The van der Waals surface area contributed by atoms with Crippen molar-refractivity contribution in [2.75, 3.05) is 19.8 Å². The zero-order chi connectivity index (χ0) is 22.4. The van der Waals surface area contributed by atoms with E-state index in [1.807, 2.05) is 12.1 Å². The van der Waals surface area contributed by atoms with Gasteiger partial charge in [0.05, 0.1) is 13.2 Å². The van der Waals surface area contributed by atoms with Gasteiger partial charge in [-0.05, 0) is 56.1 Å². The Hall–Kier alpha value is -1.32. The van der Waals surface area contributed by atoms with Gasteiger partial charge in [0, 0.05) is 11.5 Å². The number of benzene rings is 1. The highest BCUT2D eigenvalue weighted by Crippen LogP contribution is 2.33. The number of hydrogen-bond acceptors (Lipinski definition) is 3. The van der Waals surface area contributed by atoms with Crippen LogP contribution in [0.3, 0.4) is 0 Å². The third kappa shape index (κ3) is 8.90. The highest BCUT2D eigenvalue weighted by molar-refractivity contribution is 5.28. The van der Waals surface area contributed by atoms with Gasteiger partial charge in [-0.1, -0.05) is 83.1 Å². The molecule has 0 radical (unpaired) electrons. The molecule has 2 aliphatic rings. The Labute approximate surface area is 196 Å². The van der Waals surface area contributed by atoms with Crippen molar-refractivity contribution in [3.05, 3.63) is 42.0 Å². The fourth-order valence-corrected chi connectivity index (χ4v) is 5.05. The summed E-state index contributed by atoms with van der Waals surface area (Å²) in [5.41, 5.74) is 1.08. The second kappa shape index (κ2) is 14.8. The summed E-state index contributed by atoms with van der Waals surface area (Å²) in [6.07, 6.45) is 20.5. The van der Waals surface area contributed by atoms with Crippen molar-refractivity contribution in [3.63, 3.8) is 0 Å². The minimum atomic E-state index is -0.233. The summed E-state index contributed by atoms with van der Waals surface area (Å²) in [4.78, 5) is 0. The van der Waals surface area contributed by atoms with E-state index in [0.29, 0.717) is 12.5 Å². The minimum Gasteiger partial charge on any atom is -0.490 e. The molecule has 0 aromatic heterocycles. The van der Waals surface area contributed by atoms with Crippen LogP contribution in [0.5, 0.6) is 5.75 Å². The van der Waals surface area contributed by atoms with Crippen LogP contribution >= 0.6 is 0 Å². The Morgan fingerprint density at radius 2 is 1.44 bits per heavy atom. The molecule has 2 fully saturated rings. The Morgan fingerprint density at radius 1 is 0.812 bits per heavy atom. The van der Waals surface area contributed by atoms with Crippen LogP contribution in [-0.4, -0.2) is 19.8 Å². The van der Waals surface area contributed by atoms with Crippen molar-refractivity contribution in [2.24, 2.45) is 17.8 Å². The van der Waals surface area contributed by atoms with Crippen molar-refractivity contribution in [1.82, 2.24) is 0 Å². The molecule has 1 aromatic rings. The minimum absolute atomic E-state index is 0.233. The smallest absolute Gasteiger partial charge is 0.183 e. The van der Waals surface area contributed by atoms with Gasteiger partial charge >= 0.3 is 0 Å². The van der Waals surface area contributed by atoms with Crippen LogP contribution in [0.4, 0.5) is 0 Å². The fourth-order valence-electron chi connectivity index (χ4n) is 5.05. The quantitative estimate of drug-likeness (QED) is 0.227. The largest absolute Gasteiger partial charge is 0.490 e. The van der Waals surface area contributed by atoms with E-state index in [9.17, 15) is 0 Å². The van der Waals surface area contributed by atoms with E-state index < -0.39 is 0 Å². The second-order valence-electron chi connectivity index (χ2n) is 9.95. The van der Waals surface area contributed by atoms with Gasteiger partial charge < -0.3 is 14.2 Å². The Balaban J connectivity index is 1.30. The lowest BCUT2D eigenvalue weighted by atomic mass is 9.79. The van der Waals surface area contributed by atoms with Gasteiger partial charge in [0.1, 0.15) is 12.4 Å². The Kier molecular flexibility index (Phi) is 11.7. The summed E-state index contributed by atoms with van der Waals surface area (Å²) in [6, 6.07) is 8.21. The van der Waals surface area contributed by atoms with E-state index in [2.05, 4.69) is 38.1 Å². The molecule has 0 atom stereocenters. The average Bonchev–Trinajstić information content (AvgIpc) is 2.84. The molecule has 0 spiro atoms. The van der Waals surface area contributed by atoms with Crippen molar-refractivity contribution >= 4 is 0 Å². The van der Waals surface area contributed by atoms with Gasteiger partial charge in [0.2, 0.25) is 0 Å². The molecule has 0 unspecified atom stereocenters. The summed E-state index contributed by atoms with van der Waals surface area (Å²) in [5.74, 6) is 3.18. The van der Waals surface area contributed by atoms with Crippen LogP contribution < -0.4 is 4.74 Å². The zero-order valence-electron chi connectivity index (χ0n) is 20.6. The van der Waals surface area contributed by atoms with Crippen molar-refractivity contribution < 1.29 is 14.2 Å². The molecular formula is C29H46O3. The first-order valence-electron chi connectivity index (χ1n) is 13.4. The van der Waals surface area contributed by atoms with Crippen LogP contribution in [-0.2, 0) is 9.47 Å². The molecular weight excluding hydrogens is 396 g/mol. The van der Waals surface area contributed by atoms with Crippen molar-refractivity contribution in [2.45, 2.75) is 97.2 Å². The molecule has 180 valence electrons. The first-order valence-corrected chi connectivity index (χ1v) is 13.4. The van der Waals surface area contributed by atoms with Crippen LogP contribution in [0, 0.1) is 17.8 Å². The molecule has 1 heterocycles. The summed E-state index contributed by atoms with van der Waals surface area (Å²) in [7, 11) is 0. The molecule has 1 aromatic carbocycles. The van der Waals surface area contributed by atoms with E-state index in [1.165, 1.54) is 77.0 Å². The first-order chi connectivity index (χ1) is 15.8. The Morgan fingerprint density at radius 3 is 2.06 bits per heavy atom. The summed E-state index contributed by atoms with van der Waals surface area (Å²) < 4.78 is 17.9. The first kappa shape index (κ1) is 25.3. The summed E-state index contributed by atoms with van der Waals surface area (Å²) in [6.45, 7) is 6.79. The predicted molar refractivity (Wildman–Crippen MR) is 133 cm³/mol. The van der Waals surface area contributed by atoms with Gasteiger partial charge in [0.25, 0.3) is 0 Å². The van der Waals surface area contributed by atoms with Crippen LogP contribution in [0.25, 0.3) is 0 Å². The lowest BCUT2D eigenvalue weighted by molar-refractivity contribution is -0.206. The van der Waals surface area contributed by atoms with Gasteiger partial charge in [-0.15, -0.1) is 0 Å². The maximum absolute atomic E-state index is 5.97. The molecule has 3 heteroatoms. The number of rotatable bonds is 13. The van der Waals surface area contributed by atoms with Crippen LogP contribution in [0.1, 0.15) is 103 Å². The fraction of sp³-hybridized carbons (Fsp3) is 0.724. The summed E-state index contributed by atoms with van der Waals surface area (Å²) >= 11 is 0. The van der Waals surface area contributed by atoms with E-state index in [4.69, 9.17) is 14.2 Å². The monoisotopic (exact) mass is 442 g/mol. The maximum atomic E-state index is 5.97. The molecule has 0 N–H and O–H groups in total. The SMILES string of the molecule is CCCCC[C@H]1CC[C@H](C=CCOc2ccc([C@H]3OC[C@H](CCCCC)CO3)cc2)CC1. The zero-order valence-corrected chi connectivity index (χ0v) is 20.6. The van der Waals surface area contributed by atoms with Crippen molar-refractivity contribution in [1.29, 1.82) is 0 Å². The third-order valence-corrected chi connectivity index (χ3v) is 7.20. The molecule has 1 aliphatic heterocycles. The lowest BCUT2D eigenvalue weighted by Gasteiger charge is -2.29. The number of allylic oxidation sites excluding steroid dienone is 1. The van der Waals surface area contributed by atoms with E-state index >= 15 is 0 Å². The van der Waals surface area contributed by atoms with E-state index in [-0.39, 0.29) is 6.29 Å². The van der Waals surface area contributed by atoms with Gasteiger partial charge in [-0.3, -0.25) is 0 Å². The molecule has 0 amide bonds. The van der Waals surface area contributed by atoms with Crippen molar-refractivity contribution in [3.8, 4) is 5.75 Å². The lowest BCUT2D eigenvalue weighted by Crippen LogP contribution is -2.27. The third-order valence-electron chi connectivity index (χ3n) is 7.20. The van der Waals surface area contributed by atoms with Crippen LogP contribution in [0.2, 0.25) is 0 Å². The number of hydrogen-bond donors (Lipinski definition) is 0. The highest BCUT2D eigenvalue weighted by Gasteiger charge is 2.23. The Bertz CT molecular complexity index is 622. The van der Waals surface area contributed by atoms with Gasteiger partial charge in [0.15, 0.2) is 6.29 Å². The van der Waals surface area contributed by atoms with Gasteiger partial charge in [-0.2, -0.15) is 0 Å². The normalized spacial score (nSPS) is 26.4. The van der Waals surface area contributed by atoms with Gasteiger partial charge in [-0.25, -0.2) is 0 Å². The molecule has 3 rings (SSSR count). The standard InChI is InChI=1S/C29H46O3/c1-3-5-7-10-24-13-15-25(16-14-24)12-9-21-30-28-19-17-27(18-20-28)29-31-22-26(23-32-29)11-8-6-4-2/h9,12,17-20,24-26,29H,3-8,10-11,13-16,21-23H2,1-2H3/t24-,25-,26-,29-. The van der Waals surface area contributed by atoms with Crippen LogP contribution in [0.15, 0.2) is 36.4 Å². The molecule has 1 saturated heterocycles. The topological polar surface area (TPSA) is 27.7 Å². The maximum Gasteiger partial charge on any atom is 0.183 e. The number of ether oxygens (including phenoxy) is 3. The summed E-state index contributed by atoms with van der Waals surface area (Å²) in [5, 5.41) is 0. The second-order valence-corrected chi connectivity index (χ2v) is 9.95. The average molecular weight is 443 g/mol.